The number of rotatable bonds is 6. The quantitative estimate of drug-likeness (QED) is 0.273. The van der Waals surface area contributed by atoms with Gasteiger partial charge in [0, 0.05) is 36.1 Å². The Labute approximate surface area is 200 Å². The maximum Gasteiger partial charge on any atom is 0.416 e. The second kappa shape index (κ2) is 8.91. The fourth-order valence-electron chi connectivity index (χ4n) is 3.96. The fourth-order valence-corrected chi connectivity index (χ4v) is 4.76. The van der Waals surface area contributed by atoms with E-state index in [0.29, 0.717) is 23.1 Å². The highest BCUT2D eigenvalue weighted by molar-refractivity contribution is 7.99. The van der Waals surface area contributed by atoms with E-state index in [-0.39, 0.29) is 5.69 Å². The molecule has 0 radical (unpaired) electrons. The van der Waals surface area contributed by atoms with Crippen molar-refractivity contribution in [2.45, 2.75) is 36.8 Å². The van der Waals surface area contributed by atoms with Gasteiger partial charge in [-0.2, -0.15) is 13.2 Å². The van der Waals surface area contributed by atoms with Crippen molar-refractivity contribution in [2.24, 2.45) is 7.05 Å². The van der Waals surface area contributed by atoms with E-state index < -0.39 is 11.7 Å². The van der Waals surface area contributed by atoms with Crippen molar-refractivity contribution in [1.82, 2.24) is 19.5 Å². The molecule has 174 valence electrons. The van der Waals surface area contributed by atoms with E-state index in [9.17, 15) is 13.2 Å². The minimum atomic E-state index is -4.44. The van der Waals surface area contributed by atoms with Gasteiger partial charge < -0.3 is 4.57 Å². The zero-order valence-electron chi connectivity index (χ0n) is 18.8. The lowest BCUT2D eigenvalue weighted by Crippen LogP contribution is -2.05. The first-order valence-electron chi connectivity index (χ1n) is 11.1. The molecule has 0 bridgehead atoms. The number of hydrogen-bond donors (Lipinski definition) is 0. The Bertz CT molecular complexity index is 1320. The smallest absolute Gasteiger partial charge is 0.332 e. The molecule has 1 saturated carbocycles. The van der Waals surface area contributed by atoms with E-state index in [2.05, 4.69) is 47.2 Å². The van der Waals surface area contributed by atoms with Crippen molar-refractivity contribution in [1.29, 1.82) is 0 Å². The summed E-state index contributed by atoms with van der Waals surface area (Å²) in [7, 11) is 1.81. The topological polar surface area (TPSA) is 43.6 Å². The van der Waals surface area contributed by atoms with Gasteiger partial charge >= 0.3 is 6.18 Å². The van der Waals surface area contributed by atoms with E-state index in [1.165, 1.54) is 18.4 Å². The van der Waals surface area contributed by atoms with Crippen LogP contribution in [0.2, 0.25) is 0 Å². The molecule has 1 aliphatic rings. The van der Waals surface area contributed by atoms with Gasteiger partial charge in [-0.15, -0.1) is 11.8 Å². The summed E-state index contributed by atoms with van der Waals surface area (Å²) in [5.74, 6) is 2.15. The molecule has 0 N–H and O–H groups in total. The Kier molecular flexibility index (Phi) is 5.93. The third-order valence-electron chi connectivity index (χ3n) is 5.88. The number of benzene rings is 1. The molecule has 0 saturated heterocycles. The largest absolute Gasteiger partial charge is 0.416 e. The van der Waals surface area contributed by atoms with Gasteiger partial charge in [-0.05, 0) is 53.8 Å². The van der Waals surface area contributed by atoms with Gasteiger partial charge in [-0.1, -0.05) is 31.2 Å². The number of pyridine rings is 2. The van der Waals surface area contributed by atoms with Gasteiger partial charge in [-0.25, -0.2) is 4.98 Å². The van der Waals surface area contributed by atoms with Crippen LogP contribution in [-0.2, 0) is 13.2 Å². The predicted molar refractivity (Wildman–Crippen MR) is 128 cm³/mol. The maximum absolute atomic E-state index is 13.1. The van der Waals surface area contributed by atoms with Crippen LogP contribution in [0.15, 0.2) is 66.0 Å². The number of alkyl halides is 3. The third kappa shape index (κ3) is 4.59. The molecule has 0 spiro atoms. The van der Waals surface area contributed by atoms with Crippen LogP contribution in [0.5, 0.6) is 0 Å². The van der Waals surface area contributed by atoms with Crippen LogP contribution in [0.3, 0.4) is 0 Å². The molecule has 0 aliphatic heterocycles. The molecule has 5 rings (SSSR count). The van der Waals surface area contributed by atoms with Crippen LogP contribution in [0.25, 0.3) is 34.0 Å². The van der Waals surface area contributed by atoms with E-state index >= 15 is 0 Å². The summed E-state index contributed by atoms with van der Waals surface area (Å²) in [5, 5.41) is 0. The average Bonchev–Trinajstić information content (AvgIpc) is 3.61. The highest BCUT2D eigenvalue weighted by Gasteiger charge is 2.31. The summed E-state index contributed by atoms with van der Waals surface area (Å²) >= 11 is 1.66. The number of aryl methyl sites for hydroxylation is 1. The van der Waals surface area contributed by atoms with Crippen molar-refractivity contribution in [2.75, 3.05) is 5.75 Å². The molecule has 1 fully saturated rings. The molecule has 4 aromatic rings. The Morgan fingerprint density at radius 2 is 1.76 bits per heavy atom. The monoisotopic (exact) mass is 480 g/mol. The Hall–Kier alpha value is -3.13. The van der Waals surface area contributed by atoms with E-state index in [4.69, 9.17) is 4.98 Å². The number of halogens is 3. The maximum atomic E-state index is 13.1. The van der Waals surface area contributed by atoms with E-state index in [1.807, 2.05) is 13.2 Å². The normalized spacial score (nSPS) is 13.9. The minimum absolute atomic E-state index is 0.175. The van der Waals surface area contributed by atoms with Crippen molar-refractivity contribution in [3.63, 3.8) is 0 Å². The van der Waals surface area contributed by atoms with Gasteiger partial charge in [0.2, 0.25) is 0 Å². The van der Waals surface area contributed by atoms with Gasteiger partial charge in [-0.3, -0.25) is 9.97 Å². The highest BCUT2D eigenvalue weighted by Crippen LogP contribution is 2.41. The molecule has 1 aliphatic carbocycles. The van der Waals surface area contributed by atoms with Crippen LogP contribution in [0.4, 0.5) is 13.2 Å². The Balaban J connectivity index is 1.50. The molecule has 3 heterocycles. The van der Waals surface area contributed by atoms with Gasteiger partial charge in [0.25, 0.3) is 0 Å². The average molecular weight is 481 g/mol. The molecular formula is C26H23F3N4S. The van der Waals surface area contributed by atoms with Crippen molar-refractivity contribution < 1.29 is 13.2 Å². The lowest BCUT2D eigenvalue weighted by Gasteiger charge is -2.11. The van der Waals surface area contributed by atoms with Crippen molar-refractivity contribution in [3.8, 4) is 34.0 Å². The Morgan fingerprint density at radius 3 is 2.44 bits per heavy atom. The van der Waals surface area contributed by atoms with Crippen molar-refractivity contribution in [3.05, 3.63) is 72.2 Å². The first kappa shape index (κ1) is 22.7. The van der Waals surface area contributed by atoms with Crippen LogP contribution < -0.4 is 0 Å². The molecule has 34 heavy (non-hydrogen) atoms. The van der Waals surface area contributed by atoms with Crippen LogP contribution in [-0.4, -0.2) is 25.3 Å². The van der Waals surface area contributed by atoms with Gasteiger partial charge in [0.15, 0.2) is 5.82 Å². The summed E-state index contributed by atoms with van der Waals surface area (Å²) < 4.78 is 41.2. The zero-order chi connectivity index (χ0) is 23.9. The van der Waals surface area contributed by atoms with Gasteiger partial charge in [0.1, 0.15) is 11.4 Å². The SMILES string of the molecule is CCSc1cc(-c2ccc(C3CC3)cc2)cnc1-c1nc(-c2cc(C(F)(F)F)ccn2)cn1C. The predicted octanol–water partition coefficient (Wildman–Crippen LogP) is 7.22. The lowest BCUT2D eigenvalue weighted by atomic mass is 10.0. The Morgan fingerprint density at radius 1 is 1.00 bits per heavy atom. The number of nitrogens with zero attached hydrogens (tertiary/aromatic N) is 4. The fraction of sp³-hybridized carbons (Fsp3) is 0.269. The summed E-state index contributed by atoms with van der Waals surface area (Å²) in [5.41, 5.74) is 4.02. The number of hydrogen-bond acceptors (Lipinski definition) is 4. The zero-order valence-corrected chi connectivity index (χ0v) is 19.6. The van der Waals surface area contributed by atoms with Gasteiger partial charge in [0.05, 0.1) is 11.3 Å². The third-order valence-corrected chi connectivity index (χ3v) is 6.79. The highest BCUT2D eigenvalue weighted by atomic mass is 32.2. The van der Waals surface area contributed by atoms with E-state index in [1.54, 1.807) is 22.5 Å². The number of aromatic nitrogens is 4. The van der Waals surface area contributed by atoms with E-state index in [0.717, 1.165) is 40.1 Å². The molecule has 0 atom stereocenters. The lowest BCUT2D eigenvalue weighted by molar-refractivity contribution is -0.137. The summed E-state index contributed by atoms with van der Waals surface area (Å²) in [4.78, 5) is 14.4. The van der Waals surface area contributed by atoms with Crippen LogP contribution in [0, 0.1) is 0 Å². The van der Waals surface area contributed by atoms with Crippen molar-refractivity contribution >= 4 is 11.8 Å². The minimum Gasteiger partial charge on any atom is -0.332 e. The molecule has 0 unspecified atom stereocenters. The molecule has 8 heteroatoms. The second-order valence-electron chi connectivity index (χ2n) is 8.39. The molecule has 0 amide bonds. The first-order valence-corrected chi connectivity index (χ1v) is 12.1. The summed E-state index contributed by atoms with van der Waals surface area (Å²) in [6.07, 6.45) is 2.78. The number of thioether (sulfide) groups is 1. The standard InChI is InChI=1S/C26H23F3N4S/c1-3-34-23-12-19(18-8-6-17(7-9-18)16-4-5-16)14-31-24(23)25-32-22(15-33(25)2)21-13-20(10-11-30-21)26(27,28)29/h6-16H,3-5H2,1-2H3. The molecule has 1 aromatic carbocycles. The first-order chi connectivity index (χ1) is 16.3. The number of imidazole rings is 1. The molecule has 3 aromatic heterocycles. The summed E-state index contributed by atoms with van der Waals surface area (Å²) in [6.45, 7) is 2.07. The molecular weight excluding hydrogens is 457 g/mol. The summed E-state index contributed by atoms with van der Waals surface area (Å²) in [6, 6.07) is 12.8. The van der Waals surface area contributed by atoms with Crippen LogP contribution >= 0.6 is 11.8 Å². The second-order valence-corrected chi connectivity index (χ2v) is 9.69. The molecule has 4 nitrogen and oxygen atoms in total. The van der Waals surface area contributed by atoms with Crippen LogP contribution in [0.1, 0.15) is 36.8 Å².